The van der Waals surface area contributed by atoms with Gasteiger partial charge < -0.3 is 11.1 Å². The highest BCUT2D eigenvalue weighted by Crippen LogP contribution is 2.28. The van der Waals surface area contributed by atoms with E-state index in [1.54, 1.807) is 0 Å². The number of hydrogen-bond donors (Lipinski definition) is 2. The number of guanidine groups is 1. The summed E-state index contributed by atoms with van der Waals surface area (Å²) in [4.78, 5) is 4.39. The van der Waals surface area contributed by atoms with E-state index in [1.165, 1.54) is 37.7 Å². The lowest BCUT2D eigenvalue weighted by Crippen LogP contribution is -2.22. The van der Waals surface area contributed by atoms with Crippen LogP contribution in [0.4, 0.5) is 5.69 Å². The van der Waals surface area contributed by atoms with Crippen molar-refractivity contribution < 1.29 is 0 Å². The molecular formula is C16H26IN3. The average Bonchev–Trinajstić information content (AvgIpc) is 2.91. The number of rotatable bonds is 5. The van der Waals surface area contributed by atoms with Crippen LogP contribution in [0, 0.1) is 12.8 Å². The zero-order valence-corrected chi connectivity index (χ0v) is 14.6. The molecule has 0 spiro atoms. The Morgan fingerprint density at radius 1 is 1.25 bits per heavy atom. The van der Waals surface area contributed by atoms with Gasteiger partial charge in [-0.05, 0) is 37.8 Å². The lowest BCUT2D eigenvalue weighted by molar-refractivity contribution is 0.488. The van der Waals surface area contributed by atoms with E-state index < -0.39 is 0 Å². The predicted octanol–water partition coefficient (Wildman–Crippen LogP) is 4.31. The van der Waals surface area contributed by atoms with E-state index >= 15 is 0 Å². The van der Waals surface area contributed by atoms with E-state index in [9.17, 15) is 0 Å². The lowest BCUT2D eigenvalue weighted by Gasteiger charge is -2.08. The maximum absolute atomic E-state index is 5.88. The van der Waals surface area contributed by atoms with Crippen LogP contribution in [0.25, 0.3) is 0 Å². The fourth-order valence-electron chi connectivity index (χ4n) is 2.70. The second kappa shape index (κ2) is 9.21. The van der Waals surface area contributed by atoms with Crippen molar-refractivity contribution in [2.75, 3.05) is 11.9 Å². The molecule has 1 aliphatic carbocycles. The van der Waals surface area contributed by atoms with Crippen LogP contribution in [0.3, 0.4) is 0 Å². The van der Waals surface area contributed by atoms with E-state index in [2.05, 4.69) is 29.4 Å². The van der Waals surface area contributed by atoms with Crippen LogP contribution in [-0.4, -0.2) is 12.5 Å². The third kappa shape index (κ3) is 6.11. The Kier molecular flexibility index (Phi) is 7.95. The molecule has 0 radical (unpaired) electrons. The van der Waals surface area contributed by atoms with E-state index in [1.807, 2.05) is 12.1 Å². The molecule has 0 saturated heterocycles. The predicted molar refractivity (Wildman–Crippen MR) is 97.9 cm³/mol. The fraction of sp³-hybridized carbons (Fsp3) is 0.562. The number of hydrogen-bond acceptors (Lipinski definition) is 1. The topological polar surface area (TPSA) is 50.4 Å². The highest BCUT2D eigenvalue weighted by Gasteiger charge is 2.13. The normalized spacial score (nSPS) is 15.9. The van der Waals surface area contributed by atoms with Gasteiger partial charge in [-0.1, -0.05) is 43.4 Å². The maximum Gasteiger partial charge on any atom is 0.193 e. The van der Waals surface area contributed by atoms with Crippen LogP contribution < -0.4 is 11.1 Å². The van der Waals surface area contributed by atoms with Gasteiger partial charge in [0.05, 0.1) is 0 Å². The van der Waals surface area contributed by atoms with Crippen molar-refractivity contribution in [3.8, 4) is 0 Å². The van der Waals surface area contributed by atoms with Gasteiger partial charge in [-0.3, -0.25) is 4.99 Å². The van der Waals surface area contributed by atoms with Gasteiger partial charge in [0, 0.05) is 12.2 Å². The number of nitrogens with zero attached hydrogens (tertiary/aromatic N) is 1. The zero-order chi connectivity index (χ0) is 13.5. The maximum atomic E-state index is 5.88. The van der Waals surface area contributed by atoms with E-state index in [0.717, 1.165) is 24.6 Å². The summed E-state index contributed by atoms with van der Waals surface area (Å²) in [5.41, 5.74) is 8.13. The first kappa shape index (κ1) is 17.3. The Morgan fingerprint density at radius 2 is 1.90 bits per heavy atom. The molecule has 4 heteroatoms. The molecule has 20 heavy (non-hydrogen) atoms. The summed E-state index contributed by atoms with van der Waals surface area (Å²) in [5, 5.41) is 3.13. The summed E-state index contributed by atoms with van der Waals surface area (Å²) in [7, 11) is 0. The minimum absolute atomic E-state index is 0. The van der Waals surface area contributed by atoms with Crippen molar-refractivity contribution in [2.24, 2.45) is 16.6 Å². The largest absolute Gasteiger partial charge is 0.370 e. The van der Waals surface area contributed by atoms with E-state index in [4.69, 9.17) is 5.73 Å². The third-order valence-corrected chi connectivity index (χ3v) is 3.85. The summed E-state index contributed by atoms with van der Waals surface area (Å²) in [6.07, 6.45) is 8.14. The molecule has 0 amide bonds. The Labute approximate surface area is 139 Å². The van der Waals surface area contributed by atoms with Gasteiger partial charge in [-0.2, -0.15) is 0 Å². The van der Waals surface area contributed by atoms with Gasteiger partial charge in [0.25, 0.3) is 0 Å². The number of benzene rings is 1. The van der Waals surface area contributed by atoms with Crippen LogP contribution in [0.5, 0.6) is 0 Å². The molecule has 2 rings (SSSR count). The van der Waals surface area contributed by atoms with Crippen LogP contribution in [0.1, 0.15) is 44.1 Å². The quantitative estimate of drug-likeness (QED) is 0.342. The summed E-state index contributed by atoms with van der Waals surface area (Å²) in [5.74, 6) is 1.47. The standard InChI is InChI=1S/C16H25N3.HI/c1-13-8-10-15(11-9-13)19-16(17)18-12-4-7-14-5-2-3-6-14;/h8-11,14H,2-7,12H2,1H3,(H3,17,18,19);1H. The first-order valence-corrected chi connectivity index (χ1v) is 7.37. The van der Waals surface area contributed by atoms with Crippen LogP contribution in [0.15, 0.2) is 29.3 Å². The smallest absolute Gasteiger partial charge is 0.193 e. The zero-order valence-electron chi connectivity index (χ0n) is 12.3. The molecule has 1 aliphatic rings. The summed E-state index contributed by atoms with van der Waals surface area (Å²) in [6.45, 7) is 2.91. The minimum atomic E-state index is 0. The average molecular weight is 387 g/mol. The monoisotopic (exact) mass is 387 g/mol. The molecule has 0 heterocycles. The first-order valence-electron chi connectivity index (χ1n) is 7.37. The Balaban J connectivity index is 0.00000200. The Hall–Kier alpha value is -0.780. The summed E-state index contributed by atoms with van der Waals surface area (Å²) >= 11 is 0. The van der Waals surface area contributed by atoms with Crippen LogP contribution in [0.2, 0.25) is 0 Å². The second-order valence-corrected chi connectivity index (χ2v) is 5.55. The number of aliphatic imine (C=N–C) groups is 1. The molecule has 0 atom stereocenters. The SMILES string of the molecule is Cc1ccc(NC(N)=NCCCC2CCCC2)cc1.I. The molecule has 0 bridgehead atoms. The molecular weight excluding hydrogens is 361 g/mol. The molecule has 0 unspecified atom stereocenters. The number of nitrogens with two attached hydrogens (primary N) is 1. The second-order valence-electron chi connectivity index (χ2n) is 5.55. The van der Waals surface area contributed by atoms with Crippen LogP contribution >= 0.6 is 24.0 Å². The lowest BCUT2D eigenvalue weighted by atomic mass is 10.0. The van der Waals surface area contributed by atoms with Crippen molar-refractivity contribution >= 4 is 35.6 Å². The third-order valence-electron chi connectivity index (χ3n) is 3.85. The van der Waals surface area contributed by atoms with Gasteiger partial charge in [0.1, 0.15) is 0 Å². The number of nitrogens with one attached hydrogen (secondary N) is 1. The van der Waals surface area contributed by atoms with Gasteiger partial charge in [-0.25, -0.2) is 0 Å². The van der Waals surface area contributed by atoms with Crippen molar-refractivity contribution in [1.29, 1.82) is 0 Å². The minimum Gasteiger partial charge on any atom is -0.370 e. The molecule has 0 aliphatic heterocycles. The Morgan fingerprint density at radius 3 is 2.55 bits per heavy atom. The van der Waals surface area contributed by atoms with Crippen molar-refractivity contribution in [2.45, 2.75) is 45.4 Å². The molecule has 1 saturated carbocycles. The van der Waals surface area contributed by atoms with E-state index in [0.29, 0.717) is 5.96 Å². The number of aryl methyl sites for hydroxylation is 1. The molecule has 0 aromatic heterocycles. The Bertz CT molecular complexity index is 408. The highest BCUT2D eigenvalue weighted by molar-refractivity contribution is 14.0. The first-order chi connectivity index (χ1) is 9.24. The van der Waals surface area contributed by atoms with Gasteiger partial charge in [0.2, 0.25) is 0 Å². The summed E-state index contributed by atoms with van der Waals surface area (Å²) < 4.78 is 0. The molecule has 112 valence electrons. The van der Waals surface area contributed by atoms with Crippen LogP contribution in [-0.2, 0) is 0 Å². The van der Waals surface area contributed by atoms with Crippen molar-refractivity contribution in [3.05, 3.63) is 29.8 Å². The van der Waals surface area contributed by atoms with Crippen molar-refractivity contribution in [3.63, 3.8) is 0 Å². The van der Waals surface area contributed by atoms with Gasteiger partial charge in [0.15, 0.2) is 5.96 Å². The number of anilines is 1. The molecule has 1 aromatic rings. The highest BCUT2D eigenvalue weighted by atomic mass is 127. The summed E-state index contributed by atoms with van der Waals surface area (Å²) in [6, 6.07) is 8.18. The molecule has 3 nitrogen and oxygen atoms in total. The number of halogens is 1. The van der Waals surface area contributed by atoms with Crippen molar-refractivity contribution in [1.82, 2.24) is 0 Å². The van der Waals surface area contributed by atoms with Gasteiger partial charge >= 0.3 is 0 Å². The molecule has 1 fully saturated rings. The fourth-order valence-corrected chi connectivity index (χ4v) is 2.70. The van der Waals surface area contributed by atoms with Gasteiger partial charge in [-0.15, -0.1) is 24.0 Å². The van der Waals surface area contributed by atoms with E-state index in [-0.39, 0.29) is 24.0 Å². The molecule has 3 N–H and O–H groups in total. The molecule has 1 aromatic carbocycles.